The van der Waals surface area contributed by atoms with Crippen LogP contribution in [0.25, 0.3) is 0 Å². The Morgan fingerprint density at radius 1 is 1.19 bits per heavy atom. The predicted molar refractivity (Wildman–Crippen MR) is 72.1 cm³/mol. The standard InChI is InChI=1S/C13H13F3N4O/c1-2-18-10-7-11(20-12(17)19-10)21-9-5-3-8(4-6-9)13(14,15)16/h3-7H,2H2,1H3,(H3,17,18,19,20). The van der Waals surface area contributed by atoms with Crippen LogP contribution in [0.5, 0.6) is 11.6 Å². The van der Waals surface area contributed by atoms with E-state index in [-0.39, 0.29) is 17.6 Å². The molecule has 1 aromatic carbocycles. The zero-order valence-electron chi connectivity index (χ0n) is 11.1. The van der Waals surface area contributed by atoms with Gasteiger partial charge in [0.05, 0.1) is 5.56 Å². The molecule has 0 aliphatic heterocycles. The van der Waals surface area contributed by atoms with Crippen molar-refractivity contribution in [2.45, 2.75) is 13.1 Å². The summed E-state index contributed by atoms with van der Waals surface area (Å²) in [5.41, 5.74) is 4.79. The van der Waals surface area contributed by atoms with Crippen molar-refractivity contribution in [3.8, 4) is 11.6 Å². The highest BCUT2D eigenvalue weighted by Crippen LogP contribution is 2.31. The minimum atomic E-state index is -4.38. The minimum Gasteiger partial charge on any atom is -0.439 e. The van der Waals surface area contributed by atoms with E-state index in [1.165, 1.54) is 18.2 Å². The van der Waals surface area contributed by atoms with Crippen LogP contribution in [0.3, 0.4) is 0 Å². The molecule has 0 radical (unpaired) electrons. The molecule has 3 N–H and O–H groups in total. The van der Waals surface area contributed by atoms with Crippen LogP contribution in [0.4, 0.5) is 24.9 Å². The quantitative estimate of drug-likeness (QED) is 0.906. The molecule has 0 bridgehead atoms. The van der Waals surface area contributed by atoms with E-state index in [9.17, 15) is 13.2 Å². The fourth-order valence-corrected chi connectivity index (χ4v) is 1.60. The zero-order chi connectivity index (χ0) is 15.5. The topological polar surface area (TPSA) is 73.1 Å². The van der Waals surface area contributed by atoms with Crippen LogP contribution in [-0.2, 0) is 6.18 Å². The van der Waals surface area contributed by atoms with Crippen LogP contribution >= 0.6 is 0 Å². The van der Waals surface area contributed by atoms with Gasteiger partial charge in [0.1, 0.15) is 11.6 Å². The maximum absolute atomic E-state index is 12.5. The van der Waals surface area contributed by atoms with E-state index in [1.807, 2.05) is 6.92 Å². The molecule has 0 amide bonds. The molecular formula is C13H13F3N4O. The normalized spacial score (nSPS) is 11.2. The maximum atomic E-state index is 12.5. The van der Waals surface area contributed by atoms with Gasteiger partial charge in [-0.2, -0.15) is 23.1 Å². The summed E-state index contributed by atoms with van der Waals surface area (Å²) in [5.74, 6) is 0.865. The number of aromatic nitrogens is 2. The number of nitrogen functional groups attached to an aromatic ring is 1. The number of nitrogens with one attached hydrogen (secondary N) is 1. The van der Waals surface area contributed by atoms with Crippen LogP contribution in [0.1, 0.15) is 12.5 Å². The Balaban J connectivity index is 2.18. The van der Waals surface area contributed by atoms with Gasteiger partial charge in [0.15, 0.2) is 0 Å². The molecule has 1 heterocycles. The average Bonchev–Trinajstić information content (AvgIpc) is 2.38. The molecule has 5 nitrogen and oxygen atoms in total. The van der Waals surface area contributed by atoms with Crippen molar-refractivity contribution in [2.24, 2.45) is 0 Å². The Hall–Kier alpha value is -2.51. The lowest BCUT2D eigenvalue weighted by Crippen LogP contribution is -2.05. The number of ether oxygens (including phenoxy) is 1. The fourth-order valence-electron chi connectivity index (χ4n) is 1.60. The molecule has 2 aromatic rings. The van der Waals surface area contributed by atoms with E-state index >= 15 is 0 Å². The smallest absolute Gasteiger partial charge is 0.416 e. The van der Waals surface area contributed by atoms with Gasteiger partial charge in [-0.25, -0.2) is 0 Å². The molecule has 112 valence electrons. The molecule has 1 aromatic heterocycles. The summed E-state index contributed by atoms with van der Waals surface area (Å²) in [6.45, 7) is 2.52. The summed E-state index contributed by atoms with van der Waals surface area (Å²) in [7, 11) is 0. The number of benzene rings is 1. The summed E-state index contributed by atoms with van der Waals surface area (Å²) in [4.78, 5) is 7.80. The van der Waals surface area contributed by atoms with Crippen molar-refractivity contribution >= 4 is 11.8 Å². The van der Waals surface area contributed by atoms with Crippen molar-refractivity contribution < 1.29 is 17.9 Å². The van der Waals surface area contributed by atoms with Crippen molar-refractivity contribution in [1.82, 2.24) is 9.97 Å². The molecule has 0 saturated carbocycles. The monoisotopic (exact) mass is 298 g/mol. The Bertz CT molecular complexity index is 614. The molecule has 0 atom stereocenters. The zero-order valence-corrected chi connectivity index (χ0v) is 11.1. The van der Waals surface area contributed by atoms with Crippen molar-refractivity contribution in [2.75, 3.05) is 17.6 Å². The first-order valence-corrected chi connectivity index (χ1v) is 6.12. The fraction of sp³-hybridized carbons (Fsp3) is 0.231. The van der Waals surface area contributed by atoms with Gasteiger partial charge in [-0.05, 0) is 31.2 Å². The largest absolute Gasteiger partial charge is 0.439 e. The molecule has 2 rings (SSSR count). The number of hydrogen-bond acceptors (Lipinski definition) is 5. The molecule has 0 spiro atoms. The van der Waals surface area contributed by atoms with E-state index in [4.69, 9.17) is 10.5 Å². The Morgan fingerprint density at radius 3 is 2.43 bits per heavy atom. The molecule has 0 fully saturated rings. The Kier molecular flexibility index (Phi) is 4.15. The van der Waals surface area contributed by atoms with Gasteiger partial charge in [0.2, 0.25) is 11.8 Å². The number of rotatable bonds is 4. The van der Waals surface area contributed by atoms with Gasteiger partial charge in [0.25, 0.3) is 0 Å². The van der Waals surface area contributed by atoms with Crippen LogP contribution in [0, 0.1) is 0 Å². The summed E-state index contributed by atoms with van der Waals surface area (Å²) < 4.78 is 42.7. The second-order valence-electron chi connectivity index (χ2n) is 4.10. The first-order valence-electron chi connectivity index (χ1n) is 6.12. The van der Waals surface area contributed by atoms with Crippen molar-refractivity contribution in [3.63, 3.8) is 0 Å². The van der Waals surface area contributed by atoms with Gasteiger partial charge in [0, 0.05) is 12.6 Å². The lowest BCUT2D eigenvalue weighted by molar-refractivity contribution is -0.137. The number of hydrogen-bond donors (Lipinski definition) is 2. The third kappa shape index (κ3) is 3.98. The molecule has 0 unspecified atom stereocenters. The van der Waals surface area contributed by atoms with Crippen LogP contribution in [0.2, 0.25) is 0 Å². The van der Waals surface area contributed by atoms with E-state index in [2.05, 4.69) is 15.3 Å². The average molecular weight is 298 g/mol. The first-order chi connectivity index (χ1) is 9.88. The van der Waals surface area contributed by atoms with E-state index in [0.717, 1.165) is 12.1 Å². The van der Waals surface area contributed by atoms with E-state index in [1.54, 1.807) is 0 Å². The highest BCUT2D eigenvalue weighted by Gasteiger charge is 2.30. The second kappa shape index (κ2) is 5.86. The number of nitrogens with zero attached hydrogens (tertiary/aromatic N) is 2. The third-order valence-corrected chi connectivity index (χ3v) is 2.48. The first kappa shape index (κ1) is 14.9. The summed E-state index contributed by atoms with van der Waals surface area (Å²) in [6, 6.07) is 5.82. The van der Waals surface area contributed by atoms with Crippen molar-refractivity contribution in [3.05, 3.63) is 35.9 Å². The Morgan fingerprint density at radius 2 is 1.86 bits per heavy atom. The van der Waals surface area contributed by atoms with E-state index < -0.39 is 11.7 Å². The molecule has 21 heavy (non-hydrogen) atoms. The second-order valence-corrected chi connectivity index (χ2v) is 4.10. The van der Waals surface area contributed by atoms with E-state index in [0.29, 0.717) is 12.4 Å². The predicted octanol–water partition coefficient (Wildman–Crippen LogP) is 3.30. The number of halogens is 3. The van der Waals surface area contributed by atoms with Gasteiger partial charge in [-0.1, -0.05) is 0 Å². The SMILES string of the molecule is CCNc1cc(Oc2ccc(C(F)(F)F)cc2)nc(N)n1. The van der Waals surface area contributed by atoms with Crippen LogP contribution in [-0.4, -0.2) is 16.5 Å². The lowest BCUT2D eigenvalue weighted by atomic mass is 10.2. The summed E-state index contributed by atoms with van der Waals surface area (Å²) in [6.07, 6.45) is -4.38. The number of nitrogens with two attached hydrogens (primary N) is 1. The highest BCUT2D eigenvalue weighted by molar-refractivity contribution is 5.44. The minimum absolute atomic E-state index is 0.00959. The van der Waals surface area contributed by atoms with Crippen molar-refractivity contribution in [1.29, 1.82) is 0 Å². The third-order valence-electron chi connectivity index (χ3n) is 2.48. The number of alkyl halides is 3. The number of anilines is 2. The van der Waals surface area contributed by atoms with Gasteiger partial charge < -0.3 is 15.8 Å². The van der Waals surface area contributed by atoms with Gasteiger partial charge >= 0.3 is 6.18 Å². The maximum Gasteiger partial charge on any atom is 0.416 e. The van der Waals surface area contributed by atoms with Gasteiger partial charge in [-0.15, -0.1) is 0 Å². The lowest BCUT2D eigenvalue weighted by Gasteiger charge is -2.10. The molecule has 0 saturated heterocycles. The Labute approximate surface area is 119 Å². The summed E-state index contributed by atoms with van der Waals surface area (Å²) >= 11 is 0. The molecule has 0 aliphatic rings. The molecular weight excluding hydrogens is 285 g/mol. The molecule has 0 aliphatic carbocycles. The van der Waals surface area contributed by atoms with Gasteiger partial charge in [-0.3, -0.25) is 0 Å². The van der Waals surface area contributed by atoms with Crippen LogP contribution < -0.4 is 15.8 Å². The highest BCUT2D eigenvalue weighted by atomic mass is 19.4. The molecule has 8 heteroatoms. The van der Waals surface area contributed by atoms with Crippen LogP contribution in [0.15, 0.2) is 30.3 Å². The summed E-state index contributed by atoms with van der Waals surface area (Å²) in [5, 5.41) is 2.94.